The maximum Gasteiger partial charge on any atom is 0.432 e. The van der Waals surface area contributed by atoms with Gasteiger partial charge < -0.3 is 4.98 Å². The van der Waals surface area contributed by atoms with Crippen molar-refractivity contribution in [1.29, 1.82) is 0 Å². The first-order valence-electron chi connectivity index (χ1n) is 3.91. The van der Waals surface area contributed by atoms with E-state index in [1.54, 1.807) is 0 Å². The highest BCUT2D eigenvalue weighted by Gasteiger charge is 2.41. The zero-order chi connectivity index (χ0) is 13.4. The van der Waals surface area contributed by atoms with Crippen molar-refractivity contribution in [1.82, 2.24) is 4.98 Å². The van der Waals surface area contributed by atoms with Crippen LogP contribution in [-0.4, -0.2) is 9.91 Å². The molecule has 0 aliphatic carbocycles. The number of alkyl halides is 5. The van der Waals surface area contributed by atoms with Crippen LogP contribution in [0.3, 0.4) is 0 Å². The second-order valence-electron chi connectivity index (χ2n) is 2.86. The number of aromatic nitrogens is 1. The van der Waals surface area contributed by atoms with Gasteiger partial charge in [0, 0.05) is 0 Å². The zero-order valence-corrected chi connectivity index (χ0v) is 7.72. The molecule has 1 aromatic rings. The number of halogens is 5. The van der Waals surface area contributed by atoms with Crippen molar-refractivity contribution < 1.29 is 26.9 Å². The number of nitrogens with zero attached hydrogens (tertiary/aromatic N) is 1. The molecule has 0 bridgehead atoms. The summed E-state index contributed by atoms with van der Waals surface area (Å²) in [5, 5.41) is 10.3. The lowest BCUT2D eigenvalue weighted by Gasteiger charge is -2.11. The topological polar surface area (TPSA) is 76.0 Å². The molecule has 1 rings (SSSR count). The Bertz CT molecular complexity index is 507. The van der Waals surface area contributed by atoms with Crippen molar-refractivity contribution in [3.8, 4) is 0 Å². The normalized spacial score (nSPS) is 11.9. The van der Waals surface area contributed by atoms with E-state index in [0.29, 0.717) is 0 Å². The van der Waals surface area contributed by atoms with Crippen molar-refractivity contribution in [3.63, 3.8) is 0 Å². The molecule has 0 fully saturated rings. The van der Waals surface area contributed by atoms with Crippen LogP contribution in [0.2, 0.25) is 0 Å². The molecule has 0 aliphatic rings. The molecule has 1 N–H and O–H groups in total. The van der Waals surface area contributed by atoms with Gasteiger partial charge >= 0.3 is 6.18 Å². The molecule has 0 spiro atoms. The molecule has 1 heterocycles. The van der Waals surface area contributed by atoms with E-state index < -0.39 is 40.0 Å². The van der Waals surface area contributed by atoms with Gasteiger partial charge in [0.2, 0.25) is 0 Å². The van der Waals surface area contributed by atoms with Crippen molar-refractivity contribution in [2.75, 3.05) is 0 Å². The van der Waals surface area contributed by atoms with Crippen molar-refractivity contribution in [3.05, 3.63) is 37.8 Å². The lowest BCUT2D eigenvalue weighted by molar-refractivity contribution is -0.386. The molecule has 0 amide bonds. The predicted octanol–water partition coefficient (Wildman–Crippen LogP) is 2.24. The third-order valence-electron chi connectivity index (χ3n) is 1.76. The van der Waals surface area contributed by atoms with Gasteiger partial charge in [-0.2, -0.15) is 13.2 Å². The zero-order valence-electron chi connectivity index (χ0n) is 7.72. The summed E-state index contributed by atoms with van der Waals surface area (Å²) in [6.07, 6.45) is -9.04. The van der Waals surface area contributed by atoms with Gasteiger partial charge in [0.25, 0.3) is 17.7 Å². The quantitative estimate of drug-likeness (QED) is 0.502. The Labute approximate surface area is 89.0 Å². The van der Waals surface area contributed by atoms with Crippen molar-refractivity contribution >= 4 is 5.69 Å². The monoisotopic (exact) mass is 258 g/mol. The molecule has 1 aromatic heterocycles. The molecule has 0 aliphatic heterocycles. The molecular formula is C7H3F5N2O3. The molecule has 17 heavy (non-hydrogen) atoms. The van der Waals surface area contributed by atoms with E-state index in [4.69, 9.17) is 0 Å². The summed E-state index contributed by atoms with van der Waals surface area (Å²) in [6, 6.07) is 0.0801. The first-order valence-corrected chi connectivity index (χ1v) is 3.91. The highest BCUT2D eigenvalue weighted by Crippen LogP contribution is 2.38. The molecule has 0 unspecified atom stereocenters. The predicted molar refractivity (Wildman–Crippen MR) is 43.7 cm³/mol. The minimum absolute atomic E-state index is 0.0801. The number of pyridine rings is 1. The van der Waals surface area contributed by atoms with Gasteiger partial charge in [-0.1, -0.05) is 0 Å². The van der Waals surface area contributed by atoms with Gasteiger partial charge in [-0.25, -0.2) is 8.78 Å². The fraction of sp³-hybridized carbons (Fsp3) is 0.286. The van der Waals surface area contributed by atoms with Crippen LogP contribution in [0.5, 0.6) is 0 Å². The third-order valence-corrected chi connectivity index (χ3v) is 1.76. The summed E-state index contributed by atoms with van der Waals surface area (Å²) in [4.78, 5) is 20.7. The Morgan fingerprint density at radius 2 is 1.88 bits per heavy atom. The van der Waals surface area contributed by atoms with E-state index >= 15 is 0 Å². The summed E-state index contributed by atoms with van der Waals surface area (Å²) in [7, 11) is 0. The summed E-state index contributed by atoms with van der Waals surface area (Å²) in [6.45, 7) is 0. The molecular weight excluding hydrogens is 255 g/mol. The van der Waals surface area contributed by atoms with E-state index in [2.05, 4.69) is 0 Å². The molecule has 5 nitrogen and oxygen atoms in total. The van der Waals surface area contributed by atoms with Crippen LogP contribution in [0.4, 0.5) is 27.6 Å². The Hall–Kier alpha value is -2.00. The van der Waals surface area contributed by atoms with E-state index in [0.717, 1.165) is 4.98 Å². The molecule has 0 atom stereocenters. The number of aromatic amines is 1. The fourth-order valence-corrected chi connectivity index (χ4v) is 1.15. The maximum absolute atomic E-state index is 12.4. The second kappa shape index (κ2) is 4.11. The van der Waals surface area contributed by atoms with E-state index in [-0.39, 0.29) is 6.07 Å². The van der Waals surface area contributed by atoms with Crippen LogP contribution >= 0.6 is 0 Å². The molecule has 0 saturated heterocycles. The lowest BCUT2D eigenvalue weighted by Crippen LogP contribution is -2.20. The van der Waals surface area contributed by atoms with Crippen LogP contribution in [0, 0.1) is 10.1 Å². The number of nitro groups is 1. The SMILES string of the molecule is O=c1cc([N+](=O)[O-])c(C(F)F)c(C(F)(F)F)[nH]1. The lowest BCUT2D eigenvalue weighted by atomic mass is 10.1. The van der Waals surface area contributed by atoms with Crippen LogP contribution in [0.1, 0.15) is 17.7 Å². The van der Waals surface area contributed by atoms with Gasteiger partial charge in [0.15, 0.2) is 0 Å². The molecule has 10 heteroatoms. The molecule has 0 saturated carbocycles. The van der Waals surface area contributed by atoms with Crippen LogP contribution in [0.15, 0.2) is 10.9 Å². The van der Waals surface area contributed by atoms with Crippen LogP contribution < -0.4 is 5.56 Å². The third kappa shape index (κ3) is 2.57. The number of hydrogen-bond donors (Lipinski definition) is 1. The Morgan fingerprint density at radius 3 is 2.24 bits per heavy atom. The summed E-state index contributed by atoms with van der Waals surface area (Å²) >= 11 is 0. The first-order chi connectivity index (χ1) is 7.64. The largest absolute Gasteiger partial charge is 0.432 e. The van der Waals surface area contributed by atoms with E-state index in [9.17, 15) is 36.9 Å². The van der Waals surface area contributed by atoms with Gasteiger partial charge in [-0.05, 0) is 0 Å². The summed E-state index contributed by atoms with van der Waals surface area (Å²) < 4.78 is 61.7. The standard InChI is InChI=1S/C7H3F5N2O3/c8-6(9)4-2(14(16)17)1-3(15)13-5(4)7(10,11)12/h1,6H,(H,13,15). The maximum atomic E-state index is 12.4. The van der Waals surface area contributed by atoms with E-state index in [1.165, 1.54) is 0 Å². The minimum atomic E-state index is -5.31. The first kappa shape index (κ1) is 13.1. The number of hydrogen-bond acceptors (Lipinski definition) is 3. The fourth-order valence-electron chi connectivity index (χ4n) is 1.15. The summed E-state index contributed by atoms with van der Waals surface area (Å²) in [5.41, 5.74) is -6.99. The molecule has 94 valence electrons. The Balaban J connectivity index is 3.70. The van der Waals surface area contributed by atoms with E-state index in [1.807, 2.05) is 0 Å². The highest BCUT2D eigenvalue weighted by atomic mass is 19.4. The number of H-pyrrole nitrogens is 1. The van der Waals surface area contributed by atoms with Crippen LogP contribution in [-0.2, 0) is 6.18 Å². The Kier molecular flexibility index (Phi) is 3.16. The van der Waals surface area contributed by atoms with Gasteiger partial charge in [-0.3, -0.25) is 14.9 Å². The van der Waals surface area contributed by atoms with Crippen molar-refractivity contribution in [2.45, 2.75) is 12.6 Å². The Morgan fingerprint density at radius 1 is 1.35 bits per heavy atom. The van der Waals surface area contributed by atoms with Crippen LogP contribution in [0.25, 0.3) is 0 Å². The van der Waals surface area contributed by atoms with Crippen molar-refractivity contribution in [2.24, 2.45) is 0 Å². The number of rotatable bonds is 2. The molecule has 0 aromatic carbocycles. The highest BCUT2D eigenvalue weighted by molar-refractivity contribution is 5.43. The van der Waals surface area contributed by atoms with Gasteiger partial charge in [0.05, 0.1) is 11.0 Å². The van der Waals surface area contributed by atoms with Gasteiger partial charge in [-0.15, -0.1) is 0 Å². The average molecular weight is 258 g/mol. The number of nitrogens with one attached hydrogen (secondary N) is 1. The second-order valence-corrected chi connectivity index (χ2v) is 2.86. The molecule has 0 radical (unpaired) electrons. The average Bonchev–Trinajstić information content (AvgIpc) is 2.14. The minimum Gasteiger partial charge on any atom is -0.318 e. The summed E-state index contributed by atoms with van der Waals surface area (Å²) in [5.74, 6) is 0. The van der Waals surface area contributed by atoms with Gasteiger partial charge in [0.1, 0.15) is 11.3 Å². The smallest absolute Gasteiger partial charge is 0.318 e.